The van der Waals surface area contributed by atoms with E-state index in [1.54, 1.807) is 18.7 Å². The molecule has 1 rings (SSSR count). The minimum atomic E-state index is -0.569. The van der Waals surface area contributed by atoms with E-state index < -0.39 is 4.75 Å². The average Bonchev–Trinajstić information content (AvgIpc) is 2.16. The topological polar surface area (TPSA) is 49.4 Å². The maximum absolute atomic E-state index is 11.9. The van der Waals surface area contributed by atoms with Gasteiger partial charge in [-0.05, 0) is 13.8 Å². The van der Waals surface area contributed by atoms with E-state index >= 15 is 0 Å². The second-order valence-electron chi connectivity index (χ2n) is 3.68. The first kappa shape index (κ1) is 11.7. The number of thiol groups is 1. The molecular weight excluding hydrogens is 220 g/mol. The fourth-order valence-corrected chi connectivity index (χ4v) is 1.67. The van der Waals surface area contributed by atoms with Crippen molar-refractivity contribution in [1.82, 2.24) is 10.2 Å². The Labute approximate surface area is 92.6 Å². The highest BCUT2D eigenvalue weighted by atomic mass is 33.1. The maximum atomic E-state index is 11.9. The average molecular weight is 234 g/mol. The molecular formula is C8H14N2O2S2. The molecule has 6 heteroatoms. The maximum Gasteiger partial charge on any atom is 0.239 e. The first-order valence-electron chi connectivity index (χ1n) is 4.36. The van der Waals surface area contributed by atoms with Crippen LogP contribution in [0.1, 0.15) is 13.8 Å². The van der Waals surface area contributed by atoms with E-state index in [4.69, 9.17) is 0 Å². The molecule has 1 aliphatic rings. The van der Waals surface area contributed by atoms with Crippen LogP contribution in [-0.2, 0) is 9.59 Å². The number of piperazine rings is 1. The van der Waals surface area contributed by atoms with Crippen LogP contribution in [0.3, 0.4) is 0 Å². The Kier molecular flexibility index (Phi) is 3.71. The lowest BCUT2D eigenvalue weighted by molar-refractivity contribution is -0.139. The second-order valence-corrected chi connectivity index (χ2v) is 5.43. The lowest BCUT2D eigenvalue weighted by Crippen LogP contribution is -2.54. The van der Waals surface area contributed by atoms with Gasteiger partial charge >= 0.3 is 0 Å². The standard InChI is InChI=1S/C8H14N2O2S2/c1-8(2,14-13)7(12)10-4-3-9-6(11)5-10/h13H,3-5H2,1-2H3,(H,9,11). The molecule has 0 spiro atoms. The van der Waals surface area contributed by atoms with Crippen LogP contribution in [0.15, 0.2) is 0 Å². The Hall–Kier alpha value is -0.360. The largest absolute Gasteiger partial charge is 0.353 e. The van der Waals surface area contributed by atoms with E-state index in [1.807, 2.05) is 0 Å². The third kappa shape index (κ3) is 2.57. The zero-order chi connectivity index (χ0) is 10.8. The smallest absolute Gasteiger partial charge is 0.239 e. The molecule has 0 radical (unpaired) electrons. The molecule has 1 heterocycles. The van der Waals surface area contributed by atoms with E-state index in [-0.39, 0.29) is 18.4 Å². The minimum Gasteiger partial charge on any atom is -0.353 e. The van der Waals surface area contributed by atoms with Gasteiger partial charge in [-0.3, -0.25) is 9.59 Å². The van der Waals surface area contributed by atoms with Crippen LogP contribution in [0.25, 0.3) is 0 Å². The van der Waals surface area contributed by atoms with Crippen molar-refractivity contribution in [3.05, 3.63) is 0 Å². The Morgan fingerprint density at radius 2 is 2.29 bits per heavy atom. The van der Waals surface area contributed by atoms with Crippen molar-refractivity contribution in [3.8, 4) is 0 Å². The number of hydrogen-bond donors (Lipinski definition) is 2. The van der Waals surface area contributed by atoms with Crippen LogP contribution in [0, 0.1) is 0 Å². The first-order valence-corrected chi connectivity index (χ1v) is 6.23. The van der Waals surface area contributed by atoms with Gasteiger partial charge in [-0.1, -0.05) is 10.8 Å². The van der Waals surface area contributed by atoms with Crippen molar-refractivity contribution in [2.45, 2.75) is 18.6 Å². The molecule has 1 N–H and O–H groups in total. The number of hydrogen-bond acceptors (Lipinski definition) is 4. The number of amides is 2. The number of carbonyl (C=O) groups excluding carboxylic acids is 2. The highest BCUT2D eigenvalue weighted by Gasteiger charge is 2.33. The molecule has 0 aromatic heterocycles. The molecule has 4 nitrogen and oxygen atoms in total. The van der Waals surface area contributed by atoms with E-state index in [2.05, 4.69) is 17.0 Å². The van der Waals surface area contributed by atoms with E-state index in [0.717, 1.165) is 0 Å². The summed E-state index contributed by atoms with van der Waals surface area (Å²) >= 11 is 4.05. The van der Waals surface area contributed by atoms with Crippen molar-refractivity contribution in [3.63, 3.8) is 0 Å². The molecule has 1 saturated heterocycles. The van der Waals surface area contributed by atoms with Gasteiger partial charge in [-0.2, -0.15) is 0 Å². The molecule has 0 saturated carbocycles. The van der Waals surface area contributed by atoms with Gasteiger partial charge in [0.15, 0.2) is 0 Å². The molecule has 80 valence electrons. The molecule has 0 atom stereocenters. The molecule has 1 fully saturated rings. The van der Waals surface area contributed by atoms with Crippen LogP contribution in [0.5, 0.6) is 0 Å². The molecule has 0 aromatic rings. The monoisotopic (exact) mass is 234 g/mol. The summed E-state index contributed by atoms with van der Waals surface area (Å²) in [4.78, 5) is 24.5. The van der Waals surface area contributed by atoms with E-state index in [0.29, 0.717) is 13.1 Å². The van der Waals surface area contributed by atoms with Crippen LogP contribution in [0.4, 0.5) is 0 Å². The molecule has 2 amide bonds. The Bertz CT molecular complexity index is 256. The summed E-state index contributed by atoms with van der Waals surface area (Å²) in [7, 11) is 1.20. The highest BCUT2D eigenvalue weighted by Crippen LogP contribution is 2.29. The number of nitrogens with one attached hydrogen (secondary N) is 1. The van der Waals surface area contributed by atoms with Gasteiger partial charge in [0.25, 0.3) is 0 Å². The number of rotatable bonds is 2. The molecule has 0 unspecified atom stereocenters. The van der Waals surface area contributed by atoms with Gasteiger partial charge in [0.05, 0.1) is 11.3 Å². The zero-order valence-electron chi connectivity index (χ0n) is 8.24. The van der Waals surface area contributed by atoms with Crippen LogP contribution < -0.4 is 5.32 Å². The molecule has 0 aliphatic carbocycles. The predicted octanol–water partition coefficient (Wildman–Crippen LogP) is 0.301. The molecule has 0 bridgehead atoms. The summed E-state index contributed by atoms with van der Waals surface area (Å²) in [5, 5.41) is 2.68. The van der Waals surface area contributed by atoms with Crippen molar-refractivity contribution >= 4 is 34.3 Å². The first-order chi connectivity index (χ1) is 6.47. The SMILES string of the molecule is CC(C)(SS)C(=O)N1CCNC(=O)C1. The lowest BCUT2D eigenvalue weighted by Gasteiger charge is -2.32. The summed E-state index contributed by atoms with van der Waals surface area (Å²) in [6.45, 7) is 4.90. The summed E-state index contributed by atoms with van der Waals surface area (Å²) < 4.78 is -0.569. The third-order valence-electron chi connectivity index (χ3n) is 2.07. The fraction of sp³-hybridized carbons (Fsp3) is 0.750. The number of nitrogens with zero attached hydrogens (tertiary/aromatic N) is 1. The Morgan fingerprint density at radius 3 is 2.79 bits per heavy atom. The fourth-order valence-electron chi connectivity index (χ4n) is 1.23. The van der Waals surface area contributed by atoms with E-state index in [1.165, 1.54) is 10.8 Å². The zero-order valence-corrected chi connectivity index (χ0v) is 9.95. The van der Waals surface area contributed by atoms with Gasteiger partial charge in [0, 0.05) is 13.1 Å². The van der Waals surface area contributed by atoms with Crippen LogP contribution in [-0.4, -0.2) is 41.1 Å². The normalized spacial score (nSPS) is 17.9. The van der Waals surface area contributed by atoms with Crippen molar-refractivity contribution in [1.29, 1.82) is 0 Å². The summed E-state index contributed by atoms with van der Waals surface area (Å²) in [6, 6.07) is 0. The van der Waals surface area contributed by atoms with Crippen LogP contribution >= 0.6 is 22.5 Å². The van der Waals surface area contributed by atoms with Gasteiger partial charge in [0.2, 0.25) is 11.8 Å². The van der Waals surface area contributed by atoms with Gasteiger partial charge in [0.1, 0.15) is 0 Å². The van der Waals surface area contributed by atoms with Gasteiger partial charge < -0.3 is 10.2 Å². The number of carbonyl (C=O) groups is 2. The third-order valence-corrected chi connectivity index (χ3v) is 4.07. The summed E-state index contributed by atoms with van der Waals surface area (Å²) in [5.41, 5.74) is 0. The van der Waals surface area contributed by atoms with Crippen molar-refractivity contribution in [2.75, 3.05) is 19.6 Å². The molecule has 1 aliphatic heterocycles. The van der Waals surface area contributed by atoms with Crippen LogP contribution in [0.2, 0.25) is 0 Å². The molecule has 14 heavy (non-hydrogen) atoms. The lowest BCUT2D eigenvalue weighted by atomic mass is 10.1. The summed E-state index contributed by atoms with van der Waals surface area (Å²) in [6.07, 6.45) is 0. The highest BCUT2D eigenvalue weighted by molar-refractivity contribution is 8.69. The van der Waals surface area contributed by atoms with Crippen molar-refractivity contribution in [2.24, 2.45) is 0 Å². The quantitative estimate of drug-likeness (QED) is 0.534. The minimum absolute atomic E-state index is 0.0349. The predicted molar refractivity (Wildman–Crippen MR) is 60.2 cm³/mol. The second kappa shape index (κ2) is 4.44. The van der Waals surface area contributed by atoms with Gasteiger partial charge in [-0.25, -0.2) is 0 Å². The Morgan fingerprint density at radius 1 is 1.64 bits per heavy atom. The van der Waals surface area contributed by atoms with Gasteiger partial charge in [-0.15, -0.1) is 11.7 Å². The molecule has 0 aromatic carbocycles. The van der Waals surface area contributed by atoms with Crippen molar-refractivity contribution < 1.29 is 9.59 Å². The summed E-state index contributed by atoms with van der Waals surface area (Å²) in [5.74, 6) is -0.128. The van der Waals surface area contributed by atoms with E-state index in [9.17, 15) is 9.59 Å². The Balaban J connectivity index is 2.64.